The Morgan fingerprint density at radius 2 is 1.58 bits per heavy atom. The molecule has 3 nitrogen and oxygen atoms in total. The van der Waals surface area contributed by atoms with Crippen LogP contribution in [0.15, 0.2) is 12.1 Å². The second-order valence-electron chi connectivity index (χ2n) is 9.89. The molecule has 0 saturated carbocycles. The lowest BCUT2D eigenvalue weighted by molar-refractivity contribution is 0.00578. The van der Waals surface area contributed by atoms with Crippen LogP contribution in [0.5, 0.6) is 0 Å². The highest BCUT2D eigenvalue weighted by molar-refractivity contribution is 6.74. The normalized spacial score (nSPS) is 19.9. The van der Waals surface area contributed by atoms with E-state index in [9.17, 15) is 0 Å². The maximum absolute atomic E-state index is 6.69. The van der Waals surface area contributed by atoms with Gasteiger partial charge < -0.3 is 13.7 Å². The maximum atomic E-state index is 6.69. The Balaban J connectivity index is 2.22. The zero-order chi connectivity index (χ0) is 20.1. The summed E-state index contributed by atoms with van der Waals surface area (Å²) in [6.07, 6.45) is 0. The van der Waals surface area contributed by atoms with E-state index in [2.05, 4.69) is 67.6 Å². The minimum atomic E-state index is -1.81. The van der Waals surface area contributed by atoms with Gasteiger partial charge in [-0.25, -0.2) is 0 Å². The molecule has 1 heterocycles. The molecule has 0 amide bonds. The Morgan fingerprint density at radius 3 is 2.04 bits per heavy atom. The molecule has 26 heavy (non-hydrogen) atoms. The van der Waals surface area contributed by atoms with Gasteiger partial charge in [-0.15, -0.1) is 0 Å². The average molecular weight is 397 g/mol. The first kappa shape index (κ1) is 22.0. The van der Waals surface area contributed by atoms with Gasteiger partial charge in [-0.2, -0.15) is 0 Å². The fraction of sp³-hybridized carbons (Fsp3) is 0.700. The first-order chi connectivity index (χ1) is 11.6. The van der Waals surface area contributed by atoms with Crippen molar-refractivity contribution < 1.29 is 13.7 Å². The zero-order valence-electron chi connectivity index (χ0n) is 18.0. The lowest BCUT2D eigenvalue weighted by atomic mass is 9.76. The van der Waals surface area contributed by atoms with Crippen LogP contribution in [0.2, 0.25) is 23.2 Å². The first-order valence-corrected chi connectivity index (χ1v) is 12.7. The Bertz CT molecular complexity index is 664. The van der Waals surface area contributed by atoms with Gasteiger partial charge in [-0.3, -0.25) is 0 Å². The highest BCUT2D eigenvalue weighted by atomic mass is 35.5. The number of halogens is 1. The van der Waals surface area contributed by atoms with E-state index in [1.807, 2.05) is 13.0 Å². The summed E-state index contributed by atoms with van der Waals surface area (Å²) in [6, 6.07) is 4.11. The van der Waals surface area contributed by atoms with E-state index in [1.54, 1.807) is 0 Å². The smallest absolute Gasteiger partial charge is 0.413 e. The molecule has 146 valence electrons. The van der Waals surface area contributed by atoms with E-state index < -0.39 is 15.4 Å². The topological polar surface area (TPSA) is 27.7 Å². The highest BCUT2D eigenvalue weighted by Crippen LogP contribution is 2.39. The molecule has 1 saturated heterocycles. The Morgan fingerprint density at radius 1 is 1.08 bits per heavy atom. The molecule has 0 radical (unpaired) electrons. The lowest BCUT2D eigenvalue weighted by Gasteiger charge is -2.36. The van der Waals surface area contributed by atoms with Gasteiger partial charge in [-0.1, -0.05) is 44.5 Å². The summed E-state index contributed by atoms with van der Waals surface area (Å²) < 4.78 is 18.7. The van der Waals surface area contributed by atoms with E-state index in [1.165, 1.54) is 0 Å². The minimum Gasteiger partial charge on any atom is -0.413 e. The van der Waals surface area contributed by atoms with E-state index in [-0.39, 0.29) is 16.2 Å². The van der Waals surface area contributed by atoms with Crippen molar-refractivity contribution in [3.8, 4) is 0 Å². The fourth-order valence-electron chi connectivity index (χ4n) is 2.57. The third-order valence-electron chi connectivity index (χ3n) is 6.41. The zero-order valence-corrected chi connectivity index (χ0v) is 19.8. The van der Waals surface area contributed by atoms with Gasteiger partial charge >= 0.3 is 7.12 Å². The summed E-state index contributed by atoms with van der Waals surface area (Å²) in [5, 5.41) is 0.924. The van der Waals surface area contributed by atoms with Crippen LogP contribution in [0.4, 0.5) is 0 Å². The van der Waals surface area contributed by atoms with Gasteiger partial charge in [0.2, 0.25) is 0 Å². The third-order valence-corrected chi connectivity index (χ3v) is 11.4. The van der Waals surface area contributed by atoms with Crippen molar-refractivity contribution in [2.24, 2.45) is 0 Å². The van der Waals surface area contributed by atoms with Gasteiger partial charge in [0, 0.05) is 5.02 Å². The summed E-state index contributed by atoms with van der Waals surface area (Å²) >= 11 is 6.69. The van der Waals surface area contributed by atoms with Crippen molar-refractivity contribution >= 4 is 32.5 Å². The molecule has 0 aliphatic carbocycles. The number of hydrogen-bond donors (Lipinski definition) is 0. The molecule has 1 aliphatic heterocycles. The number of rotatable bonds is 4. The van der Waals surface area contributed by atoms with Crippen molar-refractivity contribution in [2.45, 2.75) is 91.3 Å². The second kappa shape index (κ2) is 6.93. The standard InChI is InChI=1S/C20H34BClO3Si/c1-14-16(21-24-19(5,6)20(7,8)25-21)12-11-15(17(14)22)13-23-26(9,10)18(2,3)4/h11-12H,13H2,1-10H3. The molecule has 0 spiro atoms. The van der Waals surface area contributed by atoms with Gasteiger partial charge in [0.25, 0.3) is 0 Å². The van der Waals surface area contributed by atoms with Gasteiger partial charge in [0.15, 0.2) is 8.32 Å². The SMILES string of the molecule is Cc1c(B2OC(C)(C)C(C)(C)O2)ccc(CO[Si](C)(C)C(C)(C)C)c1Cl. The molecule has 0 bridgehead atoms. The predicted molar refractivity (Wildman–Crippen MR) is 114 cm³/mol. The maximum Gasteiger partial charge on any atom is 0.495 e. The van der Waals surface area contributed by atoms with E-state index >= 15 is 0 Å². The van der Waals surface area contributed by atoms with Crippen LogP contribution in [0.25, 0.3) is 0 Å². The van der Waals surface area contributed by atoms with Gasteiger partial charge in [0.05, 0.1) is 17.8 Å². The van der Waals surface area contributed by atoms with Crippen LogP contribution in [0, 0.1) is 6.92 Å². The summed E-state index contributed by atoms with van der Waals surface area (Å²) in [4.78, 5) is 0. The average Bonchev–Trinajstić information content (AvgIpc) is 2.67. The minimum absolute atomic E-state index is 0.178. The summed E-state index contributed by atoms with van der Waals surface area (Å²) in [6.45, 7) is 22.1. The molecule has 0 unspecified atom stereocenters. The van der Waals surface area contributed by atoms with Crippen LogP contribution >= 0.6 is 11.6 Å². The van der Waals surface area contributed by atoms with E-state index in [0.717, 1.165) is 21.6 Å². The molecule has 0 aromatic heterocycles. The fourth-order valence-corrected chi connectivity index (χ4v) is 3.74. The highest BCUT2D eigenvalue weighted by Gasteiger charge is 2.52. The van der Waals surface area contributed by atoms with Crippen LogP contribution in [-0.2, 0) is 20.3 Å². The van der Waals surface area contributed by atoms with Crippen LogP contribution in [-0.4, -0.2) is 26.6 Å². The molecule has 2 rings (SSSR count). The van der Waals surface area contributed by atoms with Crippen molar-refractivity contribution in [2.75, 3.05) is 0 Å². The van der Waals surface area contributed by atoms with E-state index in [0.29, 0.717) is 6.61 Å². The van der Waals surface area contributed by atoms with Crippen LogP contribution in [0.3, 0.4) is 0 Å². The summed E-state index contributed by atoms with van der Waals surface area (Å²) in [7, 11) is -2.21. The molecular weight excluding hydrogens is 363 g/mol. The number of benzene rings is 1. The second-order valence-corrected chi connectivity index (χ2v) is 15.1. The van der Waals surface area contributed by atoms with Crippen molar-refractivity contribution in [3.05, 3.63) is 28.3 Å². The lowest BCUT2D eigenvalue weighted by Crippen LogP contribution is -2.41. The molecule has 1 aromatic rings. The Labute approximate surface area is 166 Å². The molecule has 1 aromatic carbocycles. The van der Waals surface area contributed by atoms with Gasteiger partial charge in [-0.05, 0) is 69.3 Å². The summed E-state index contributed by atoms with van der Waals surface area (Å²) in [5.74, 6) is 0. The largest absolute Gasteiger partial charge is 0.495 e. The third kappa shape index (κ3) is 4.07. The van der Waals surface area contributed by atoms with E-state index in [4.69, 9.17) is 25.3 Å². The molecule has 1 fully saturated rings. The van der Waals surface area contributed by atoms with Gasteiger partial charge in [0.1, 0.15) is 0 Å². The van der Waals surface area contributed by atoms with Crippen LogP contribution < -0.4 is 5.46 Å². The van der Waals surface area contributed by atoms with Crippen molar-refractivity contribution in [1.82, 2.24) is 0 Å². The molecule has 0 atom stereocenters. The predicted octanol–water partition coefficient (Wildman–Crippen LogP) is 5.47. The van der Waals surface area contributed by atoms with Crippen LogP contribution in [0.1, 0.15) is 59.6 Å². The quantitative estimate of drug-likeness (QED) is 0.632. The molecule has 6 heteroatoms. The Hall–Kier alpha value is -0.328. The van der Waals surface area contributed by atoms with Crippen molar-refractivity contribution in [3.63, 3.8) is 0 Å². The number of hydrogen-bond acceptors (Lipinski definition) is 3. The first-order valence-electron chi connectivity index (χ1n) is 9.36. The molecular formula is C20H34BClO3Si. The Kier molecular flexibility index (Phi) is 5.85. The van der Waals surface area contributed by atoms with Crippen molar-refractivity contribution in [1.29, 1.82) is 0 Å². The summed E-state index contributed by atoms with van der Waals surface area (Å²) in [5.41, 5.74) is 2.29. The molecule has 0 N–H and O–H groups in total. The molecule has 1 aliphatic rings. The monoisotopic (exact) mass is 396 g/mol.